The van der Waals surface area contributed by atoms with E-state index >= 15 is 0 Å². The van der Waals surface area contributed by atoms with E-state index in [1.807, 2.05) is 17.7 Å². The van der Waals surface area contributed by atoms with Gasteiger partial charge < -0.3 is 4.57 Å². The quantitative estimate of drug-likeness (QED) is 0.590. The van der Waals surface area contributed by atoms with E-state index in [0.717, 1.165) is 11.3 Å². The minimum absolute atomic E-state index is 0.952. The van der Waals surface area contributed by atoms with Gasteiger partial charge in [-0.05, 0) is 18.6 Å². The lowest BCUT2D eigenvalue weighted by atomic mass is 10.1. The first-order chi connectivity index (χ1) is 5.77. The second-order valence-electron chi connectivity index (χ2n) is 2.94. The van der Waals surface area contributed by atoms with Gasteiger partial charge in [0.05, 0.1) is 11.9 Å². The first kappa shape index (κ1) is 7.16. The molecule has 0 amide bonds. The maximum Gasteiger partial charge on any atom is 0.0962 e. The average Bonchev–Trinajstić information content (AvgIpc) is 2.58. The van der Waals surface area contributed by atoms with Crippen LogP contribution in [-0.4, -0.2) is 10.3 Å². The van der Waals surface area contributed by atoms with Crippen LogP contribution in [-0.2, 0) is 7.05 Å². The standard InChI is InChI=1S/C9H10N3/c1-7-5-12(2)6-8(7)9-3-4-10-11-9/h3-6H,1-2H3. The zero-order chi connectivity index (χ0) is 8.55. The van der Waals surface area contributed by atoms with Gasteiger partial charge in [-0.15, -0.1) is 0 Å². The molecule has 0 unspecified atom stereocenters. The fourth-order valence-electron chi connectivity index (χ4n) is 1.36. The highest BCUT2D eigenvalue weighted by Crippen LogP contribution is 2.12. The first-order valence-electron chi connectivity index (χ1n) is 3.84. The Morgan fingerprint density at radius 2 is 2.17 bits per heavy atom. The van der Waals surface area contributed by atoms with Crippen molar-refractivity contribution < 1.29 is 0 Å². The molecule has 1 aromatic rings. The molecule has 0 aromatic carbocycles. The molecule has 0 bridgehead atoms. The van der Waals surface area contributed by atoms with E-state index in [9.17, 15) is 0 Å². The smallest absolute Gasteiger partial charge is 0.0962 e. The van der Waals surface area contributed by atoms with Crippen molar-refractivity contribution in [1.29, 1.82) is 0 Å². The lowest BCUT2D eigenvalue weighted by Crippen LogP contribution is -1.94. The predicted octanol–water partition coefficient (Wildman–Crippen LogP) is 1.17. The zero-order valence-electron chi connectivity index (χ0n) is 7.15. The molecule has 0 spiro atoms. The van der Waals surface area contributed by atoms with Crippen LogP contribution in [0.2, 0.25) is 0 Å². The Morgan fingerprint density at radius 3 is 2.67 bits per heavy atom. The molecule has 1 aliphatic heterocycles. The Balaban J connectivity index is 2.45. The van der Waals surface area contributed by atoms with Gasteiger partial charge in [0, 0.05) is 25.0 Å². The molecule has 0 fully saturated rings. The van der Waals surface area contributed by atoms with Crippen LogP contribution in [0.4, 0.5) is 0 Å². The molecule has 2 heterocycles. The number of hydrogen-bond acceptors (Lipinski definition) is 1. The van der Waals surface area contributed by atoms with Gasteiger partial charge in [-0.3, -0.25) is 0 Å². The second kappa shape index (κ2) is 2.52. The van der Waals surface area contributed by atoms with Crippen LogP contribution in [0.25, 0.3) is 0 Å². The van der Waals surface area contributed by atoms with Gasteiger partial charge >= 0.3 is 0 Å². The number of hydrogen-bond donors (Lipinski definition) is 0. The Morgan fingerprint density at radius 1 is 1.33 bits per heavy atom. The van der Waals surface area contributed by atoms with Gasteiger partial charge in [0.2, 0.25) is 0 Å². The first-order valence-corrected chi connectivity index (χ1v) is 3.84. The number of nitrogens with zero attached hydrogens (tertiary/aromatic N) is 3. The number of allylic oxidation sites excluding steroid dienone is 1. The van der Waals surface area contributed by atoms with E-state index in [2.05, 4.69) is 29.8 Å². The van der Waals surface area contributed by atoms with Gasteiger partial charge in [-0.2, -0.15) is 10.5 Å². The summed E-state index contributed by atoms with van der Waals surface area (Å²) < 4.78 is 2.03. The Bertz CT molecular complexity index is 358. The number of rotatable bonds is 1. The summed E-state index contributed by atoms with van der Waals surface area (Å²) in [6.45, 7) is 2.07. The summed E-state index contributed by atoms with van der Waals surface area (Å²) in [5.74, 6) is 0. The minimum Gasteiger partial charge on any atom is -0.356 e. The zero-order valence-corrected chi connectivity index (χ0v) is 7.15. The van der Waals surface area contributed by atoms with E-state index in [0.29, 0.717) is 0 Å². The van der Waals surface area contributed by atoms with Gasteiger partial charge in [0.15, 0.2) is 0 Å². The topological polar surface area (TPSA) is 31.4 Å². The molecule has 1 aromatic heterocycles. The molecule has 3 heteroatoms. The van der Waals surface area contributed by atoms with Crippen LogP contribution >= 0.6 is 0 Å². The molecule has 0 aliphatic carbocycles. The van der Waals surface area contributed by atoms with Crippen LogP contribution in [0.15, 0.2) is 29.8 Å². The van der Waals surface area contributed by atoms with Gasteiger partial charge in [-0.1, -0.05) is 0 Å². The molecular formula is C9H10N3. The molecule has 0 saturated carbocycles. The largest absolute Gasteiger partial charge is 0.356 e. The Labute approximate surface area is 71.4 Å². The van der Waals surface area contributed by atoms with Crippen molar-refractivity contribution in [1.82, 2.24) is 9.99 Å². The fraction of sp³-hybridized carbons (Fsp3) is 0.222. The maximum absolute atomic E-state index is 4.00. The highest BCUT2D eigenvalue weighted by atomic mass is 15.3. The van der Waals surface area contributed by atoms with Crippen molar-refractivity contribution in [3.63, 3.8) is 0 Å². The molecule has 0 saturated heterocycles. The number of aromatic nitrogens is 1. The molecule has 3 nitrogen and oxygen atoms in total. The molecule has 0 N–H and O–H groups in total. The third-order valence-electron chi connectivity index (χ3n) is 1.90. The molecule has 61 valence electrons. The summed E-state index contributed by atoms with van der Waals surface area (Å²) in [6.07, 6.45) is 7.76. The lowest BCUT2D eigenvalue weighted by molar-refractivity contribution is 0.923. The minimum atomic E-state index is 0.952. The summed E-state index contributed by atoms with van der Waals surface area (Å²) in [4.78, 5) is 0. The number of aryl methyl sites for hydroxylation is 2. The Kier molecular flexibility index (Phi) is 1.50. The lowest BCUT2D eigenvalue weighted by Gasteiger charge is -1.92. The summed E-state index contributed by atoms with van der Waals surface area (Å²) >= 11 is 0. The maximum atomic E-state index is 4.00. The molecular weight excluding hydrogens is 150 g/mol. The van der Waals surface area contributed by atoms with Crippen molar-refractivity contribution >= 4 is 5.71 Å². The fourth-order valence-corrected chi connectivity index (χ4v) is 1.36. The summed E-state index contributed by atoms with van der Waals surface area (Å²) in [7, 11) is 2.01. The van der Waals surface area contributed by atoms with Crippen molar-refractivity contribution in [2.45, 2.75) is 6.92 Å². The predicted molar refractivity (Wildman–Crippen MR) is 48.0 cm³/mol. The van der Waals surface area contributed by atoms with Crippen LogP contribution in [0.5, 0.6) is 0 Å². The molecule has 0 atom stereocenters. The van der Waals surface area contributed by atoms with Crippen molar-refractivity contribution in [3.8, 4) is 0 Å². The van der Waals surface area contributed by atoms with Crippen molar-refractivity contribution in [2.24, 2.45) is 12.1 Å². The monoisotopic (exact) mass is 160 g/mol. The van der Waals surface area contributed by atoms with E-state index in [1.54, 1.807) is 6.20 Å². The van der Waals surface area contributed by atoms with Crippen LogP contribution < -0.4 is 5.43 Å². The van der Waals surface area contributed by atoms with Crippen molar-refractivity contribution in [3.05, 3.63) is 35.8 Å². The summed E-state index contributed by atoms with van der Waals surface area (Å²) in [5.41, 5.74) is 7.14. The molecule has 1 aliphatic rings. The summed E-state index contributed by atoms with van der Waals surface area (Å²) in [6, 6.07) is 0. The molecule has 1 radical (unpaired) electrons. The third-order valence-corrected chi connectivity index (χ3v) is 1.90. The molecule has 2 rings (SSSR count). The van der Waals surface area contributed by atoms with E-state index in [4.69, 9.17) is 0 Å². The Hall–Kier alpha value is -1.51. The van der Waals surface area contributed by atoms with Crippen molar-refractivity contribution in [2.75, 3.05) is 0 Å². The SMILES string of the molecule is Cc1cn(C)cc1C1=N[N]C=C1. The van der Waals surface area contributed by atoms with Gasteiger partial charge in [-0.25, -0.2) is 0 Å². The van der Waals surface area contributed by atoms with E-state index < -0.39 is 0 Å². The van der Waals surface area contributed by atoms with Gasteiger partial charge in [0.1, 0.15) is 0 Å². The highest BCUT2D eigenvalue weighted by molar-refractivity contribution is 6.10. The highest BCUT2D eigenvalue weighted by Gasteiger charge is 2.08. The van der Waals surface area contributed by atoms with E-state index in [-0.39, 0.29) is 0 Å². The average molecular weight is 160 g/mol. The van der Waals surface area contributed by atoms with Gasteiger partial charge in [0.25, 0.3) is 0 Å². The van der Waals surface area contributed by atoms with Crippen LogP contribution in [0, 0.1) is 6.92 Å². The third kappa shape index (κ3) is 1.03. The van der Waals surface area contributed by atoms with E-state index in [1.165, 1.54) is 5.56 Å². The molecule has 12 heavy (non-hydrogen) atoms. The van der Waals surface area contributed by atoms with Crippen LogP contribution in [0.3, 0.4) is 0 Å². The summed E-state index contributed by atoms with van der Waals surface area (Å²) in [5, 5.41) is 4.00. The second-order valence-corrected chi connectivity index (χ2v) is 2.94. The van der Waals surface area contributed by atoms with Crippen LogP contribution in [0.1, 0.15) is 11.1 Å². The normalized spacial score (nSPS) is 14.7.